The molecule has 4 heterocycles. The molecular formula is C16H11N7. The van der Waals surface area contributed by atoms with Gasteiger partial charge in [0.15, 0.2) is 0 Å². The molecule has 0 aliphatic carbocycles. The summed E-state index contributed by atoms with van der Waals surface area (Å²) in [5, 5.41) is 12.4. The number of hydrogen-bond donors (Lipinski definition) is 0. The van der Waals surface area contributed by atoms with Crippen LogP contribution in [0.25, 0.3) is 28.5 Å². The maximum atomic E-state index is 4.42. The lowest BCUT2D eigenvalue weighted by molar-refractivity contribution is 0.717. The second-order valence-corrected chi connectivity index (χ2v) is 4.76. The summed E-state index contributed by atoms with van der Waals surface area (Å²) in [6, 6.07) is 13.2. The topological polar surface area (TPSA) is 82.3 Å². The van der Waals surface area contributed by atoms with E-state index in [1.165, 1.54) is 4.80 Å². The molecule has 0 amide bonds. The third-order valence-electron chi connectivity index (χ3n) is 3.24. The fraction of sp³-hybridized carbons (Fsp3) is 0. The van der Waals surface area contributed by atoms with Crippen molar-refractivity contribution < 1.29 is 0 Å². The van der Waals surface area contributed by atoms with Crippen molar-refractivity contribution in [3.8, 4) is 28.5 Å². The fourth-order valence-electron chi connectivity index (χ4n) is 2.11. The van der Waals surface area contributed by atoms with Crippen LogP contribution in [-0.4, -0.2) is 35.2 Å². The van der Waals surface area contributed by atoms with E-state index in [4.69, 9.17) is 0 Å². The van der Waals surface area contributed by atoms with Crippen LogP contribution in [0.3, 0.4) is 0 Å². The van der Waals surface area contributed by atoms with Crippen LogP contribution in [0.1, 0.15) is 0 Å². The first-order chi connectivity index (χ1) is 11.4. The van der Waals surface area contributed by atoms with Crippen molar-refractivity contribution in [3.63, 3.8) is 0 Å². The fourth-order valence-corrected chi connectivity index (χ4v) is 2.11. The zero-order valence-electron chi connectivity index (χ0n) is 12.0. The molecule has 0 radical (unpaired) electrons. The molecule has 4 aromatic heterocycles. The van der Waals surface area contributed by atoms with E-state index >= 15 is 0 Å². The number of pyridine rings is 3. The van der Waals surface area contributed by atoms with Crippen LogP contribution in [0, 0.1) is 0 Å². The first kappa shape index (κ1) is 13.2. The molecule has 7 heteroatoms. The molecule has 4 rings (SSSR count). The first-order valence-electron chi connectivity index (χ1n) is 6.98. The SMILES string of the molecule is c1ccc(-c2nnn(-c3ccc(-c4cccnc4)nc3)n2)nc1. The molecule has 0 aliphatic rings. The van der Waals surface area contributed by atoms with Crippen molar-refractivity contribution in [2.45, 2.75) is 0 Å². The van der Waals surface area contributed by atoms with Crippen LogP contribution in [0.15, 0.2) is 67.3 Å². The summed E-state index contributed by atoms with van der Waals surface area (Å²) in [5.41, 5.74) is 3.21. The van der Waals surface area contributed by atoms with E-state index in [0.29, 0.717) is 11.5 Å². The molecule has 0 spiro atoms. The van der Waals surface area contributed by atoms with E-state index in [0.717, 1.165) is 16.9 Å². The maximum Gasteiger partial charge on any atom is 0.223 e. The van der Waals surface area contributed by atoms with Crippen molar-refractivity contribution in [2.75, 3.05) is 0 Å². The van der Waals surface area contributed by atoms with Crippen LogP contribution < -0.4 is 0 Å². The third kappa shape index (κ3) is 2.67. The Morgan fingerprint density at radius 3 is 2.52 bits per heavy atom. The van der Waals surface area contributed by atoms with Gasteiger partial charge in [0.2, 0.25) is 5.82 Å². The van der Waals surface area contributed by atoms with Gasteiger partial charge >= 0.3 is 0 Å². The Bertz CT molecular complexity index is 902. The van der Waals surface area contributed by atoms with Gasteiger partial charge in [-0.3, -0.25) is 15.0 Å². The molecule has 110 valence electrons. The normalized spacial score (nSPS) is 10.6. The van der Waals surface area contributed by atoms with Crippen molar-refractivity contribution in [2.24, 2.45) is 0 Å². The second-order valence-electron chi connectivity index (χ2n) is 4.76. The Morgan fingerprint density at radius 2 is 1.78 bits per heavy atom. The van der Waals surface area contributed by atoms with Crippen LogP contribution in [0.5, 0.6) is 0 Å². The lowest BCUT2D eigenvalue weighted by atomic mass is 10.2. The predicted octanol–water partition coefficient (Wildman–Crippen LogP) is 2.18. The van der Waals surface area contributed by atoms with E-state index in [9.17, 15) is 0 Å². The standard InChI is InChI=1S/C16H11N7/c1-2-9-18-15(5-1)16-20-22-23(21-16)13-6-7-14(19-11-13)12-4-3-8-17-10-12/h1-11H. The highest BCUT2D eigenvalue weighted by Crippen LogP contribution is 2.16. The molecule has 0 fully saturated rings. The van der Waals surface area contributed by atoms with E-state index in [2.05, 4.69) is 30.4 Å². The third-order valence-corrected chi connectivity index (χ3v) is 3.24. The van der Waals surface area contributed by atoms with E-state index in [1.807, 2.05) is 42.5 Å². The molecule has 0 saturated carbocycles. The van der Waals surface area contributed by atoms with Crippen molar-refractivity contribution in [1.29, 1.82) is 0 Å². The average molecular weight is 301 g/mol. The van der Waals surface area contributed by atoms with Gasteiger partial charge in [0, 0.05) is 24.2 Å². The number of rotatable bonds is 3. The molecular weight excluding hydrogens is 290 g/mol. The van der Waals surface area contributed by atoms with Gasteiger partial charge in [-0.2, -0.15) is 0 Å². The maximum absolute atomic E-state index is 4.42. The van der Waals surface area contributed by atoms with Crippen LogP contribution >= 0.6 is 0 Å². The molecule has 0 atom stereocenters. The minimum atomic E-state index is 0.474. The number of nitrogens with zero attached hydrogens (tertiary/aromatic N) is 7. The Labute approximate surface area is 131 Å². The Balaban J connectivity index is 1.63. The average Bonchev–Trinajstić information content (AvgIpc) is 3.14. The van der Waals surface area contributed by atoms with Gasteiger partial charge in [-0.1, -0.05) is 6.07 Å². The summed E-state index contributed by atoms with van der Waals surface area (Å²) in [4.78, 5) is 14.2. The van der Waals surface area contributed by atoms with Crippen LogP contribution in [0.4, 0.5) is 0 Å². The van der Waals surface area contributed by atoms with Gasteiger partial charge in [-0.15, -0.1) is 15.0 Å². The highest BCUT2D eigenvalue weighted by Gasteiger charge is 2.08. The summed E-state index contributed by atoms with van der Waals surface area (Å²) in [5.74, 6) is 0.474. The van der Waals surface area contributed by atoms with Crippen LogP contribution in [0.2, 0.25) is 0 Å². The number of hydrogen-bond acceptors (Lipinski definition) is 6. The Kier molecular flexibility index (Phi) is 3.28. The largest absolute Gasteiger partial charge is 0.264 e. The van der Waals surface area contributed by atoms with Gasteiger partial charge in [-0.05, 0) is 41.6 Å². The summed E-state index contributed by atoms with van der Waals surface area (Å²) in [7, 11) is 0. The minimum absolute atomic E-state index is 0.474. The van der Waals surface area contributed by atoms with Gasteiger partial charge in [0.1, 0.15) is 11.4 Å². The van der Waals surface area contributed by atoms with Gasteiger partial charge in [0.05, 0.1) is 11.9 Å². The van der Waals surface area contributed by atoms with Crippen LogP contribution in [-0.2, 0) is 0 Å². The lowest BCUT2D eigenvalue weighted by Crippen LogP contribution is -2.00. The summed E-state index contributed by atoms with van der Waals surface area (Å²) < 4.78 is 0. The van der Waals surface area contributed by atoms with Gasteiger partial charge < -0.3 is 0 Å². The lowest BCUT2D eigenvalue weighted by Gasteiger charge is -2.01. The minimum Gasteiger partial charge on any atom is -0.264 e. The monoisotopic (exact) mass is 301 g/mol. The van der Waals surface area contributed by atoms with E-state index in [-0.39, 0.29) is 0 Å². The second kappa shape index (κ2) is 5.72. The molecule has 7 nitrogen and oxygen atoms in total. The highest BCUT2D eigenvalue weighted by molar-refractivity contribution is 5.58. The zero-order valence-corrected chi connectivity index (χ0v) is 12.0. The number of aromatic nitrogens is 7. The summed E-state index contributed by atoms with van der Waals surface area (Å²) in [6.07, 6.45) is 6.90. The molecule has 4 aromatic rings. The van der Waals surface area contributed by atoms with Crippen molar-refractivity contribution >= 4 is 0 Å². The summed E-state index contributed by atoms with van der Waals surface area (Å²) in [6.45, 7) is 0. The van der Waals surface area contributed by atoms with Gasteiger partial charge in [-0.25, -0.2) is 0 Å². The predicted molar refractivity (Wildman–Crippen MR) is 83.4 cm³/mol. The molecule has 0 bridgehead atoms. The number of tetrazole rings is 1. The van der Waals surface area contributed by atoms with Crippen molar-refractivity contribution in [3.05, 3.63) is 67.3 Å². The molecule has 0 aromatic carbocycles. The molecule has 0 saturated heterocycles. The van der Waals surface area contributed by atoms with E-state index in [1.54, 1.807) is 24.8 Å². The Morgan fingerprint density at radius 1 is 0.783 bits per heavy atom. The summed E-state index contributed by atoms with van der Waals surface area (Å²) >= 11 is 0. The molecule has 23 heavy (non-hydrogen) atoms. The first-order valence-corrected chi connectivity index (χ1v) is 6.98. The smallest absolute Gasteiger partial charge is 0.223 e. The molecule has 0 N–H and O–H groups in total. The molecule has 0 unspecified atom stereocenters. The van der Waals surface area contributed by atoms with E-state index < -0.39 is 0 Å². The van der Waals surface area contributed by atoms with Gasteiger partial charge in [0.25, 0.3) is 0 Å². The highest BCUT2D eigenvalue weighted by atomic mass is 15.6. The molecule has 0 aliphatic heterocycles. The Hall–Kier alpha value is -3.48. The van der Waals surface area contributed by atoms with Crippen molar-refractivity contribution in [1.82, 2.24) is 35.2 Å². The quantitative estimate of drug-likeness (QED) is 0.577. The zero-order chi connectivity index (χ0) is 15.5.